The van der Waals surface area contributed by atoms with Crippen molar-refractivity contribution < 1.29 is 19.1 Å². The Balaban J connectivity index is 2.24. The second kappa shape index (κ2) is 4.86. The summed E-state index contributed by atoms with van der Waals surface area (Å²) in [6, 6.07) is 0. The first kappa shape index (κ1) is 15.0. The summed E-state index contributed by atoms with van der Waals surface area (Å²) in [4.78, 5) is 11.7. The Hall–Kier alpha value is -0.393. The van der Waals surface area contributed by atoms with E-state index in [-0.39, 0.29) is 23.2 Å². The second-order valence-corrected chi connectivity index (χ2v) is 9.80. The molecule has 5 heteroatoms. The average molecular weight is 286 g/mol. The molecule has 1 saturated heterocycles. The number of aliphatic hydroxyl groups is 1. The van der Waals surface area contributed by atoms with E-state index in [4.69, 9.17) is 9.16 Å². The monoisotopic (exact) mass is 286 g/mol. The van der Waals surface area contributed by atoms with E-state index >= 15 is 0 Å². The average Bonchev–Trinajstić information content (AvgIpc) is 2.63. The molecule has 0 radical (unpaired) electrons. The zero-order valence-corrected chi connectivity index (χ0v) is 13.8. The van der Waals surface area contributed by atoms with E-state index in [9.17, 15) is 9.90 Å². The maximum atomic E-state index is 11.7. The van der Waals surface area contributed by atoms with Gasteiger partial charge < -0.3 is 14.3 Å². The second-order valence-electron chi connectivity index (χ2n) is 7.37. The lowest BCUT2D eigenvalue weighted by Crippen LogP contribution is -2.41. The summed E-state index contributed by atoms with van der Waals surface area (Å²) < 4.78 is 11.5. The third kappa shape index (κ3) is 2.73. The topological polar surface area (TPSA) is 55.8 Å². The van der Waals surface area contributed by atoms with Gasteiger partial charge in [-0.05, 0) is 24.4 Å². The molecule has 1 aliphatic carbocycles. The van der Waals surface area contributed by atoms with Crippen molar-refractivity contribution in [2.24, 2.45) is 17.3 Å². The number of esters is 1. The van der Waals surface area contributed by atoms with E-state index in [1.54, 1.807) is 0 Å². The van der Waals surface area contributed by atoms with Gasteiger partial charge in [-0.25, -0.2) is 0 Å². The fraction of sp³-hybridized carbons (Fsp3) is 0.929. The number of hydrogen-bond donors (Lipinski definition) is 1. The first-order chi connectivity index (χ1) is 8.66. The van der Waals surface area contributed by atoms with Gasteiger partial charge in [0.2, 0.25) is 0 Å². The van der Waals surface area contributed by atoms with Crippen molar-refractivity contribution in [3.8, 4) is 0 Å². The molecule has 1 saturated carbocycles. The smallest absolute Gasteiger partial charge is 0.306 e. The molecular formula is C14H26O4Si. The van der Waals surface area contributed by atoms with Crippen molar-refractivity contribution in [3.63, 3.8) is 0 Å². The molecule has 4 nitrogen and oxygen atoms in total. The summed E-state index contributed by atoms with van der Waals surface area (Å²) in [5.41, 5.74) is -0.610. The van der Waals surface area contributed by atoms with Crippen LogP contribution in [0.2, 0.25) is 13.1 Å². The molecule has 2 fully saturated rings. The van der Waals surface area contributed by atoms with E-state index in [2.05, 4.69) is 33.9 Å². The number of carbonyl (C=O) groups excluding carboxylic acids is 1. The zero-order chi connectivity index (χ0) is 14.4. The van der Waals surface area contributed by atoms with E-state index in [1.807, 2.05) is 0 Å². The quantitative estimate of drug-likeness (QED) is 0.634. The number of ether oxygens (including phenoxy) is 1. The molecule has 2 aliphatic rings. The summed E-state index contributed by atoms with van der Waals surface area (Å²) in [6.45, 7) is 11.0. The summed E-state index contributed by atoms with van der Waals surface area (Å²) in [5.74, 6) is 0.0410. The lowest BCUT2D eigenvalue weighted by molar-refractivity contribution is -0.152. The zero-order valence-electron chi connectivity index (χ0n) is 12.6. The predicted molar refractivity (Wildman–Crippen MR) is 75.3 cm³/mol. The maximum Gasteiger partial charge on any atom is 0.306 e. The molecule has 4 atom stereocenters. The molecule has 110 valence electrons. The molecule has 0 spiro atoms. The highest BCUT2D eigenvalue weighted by atomic mass is 28.3. The summed E-state index contributed by atoms with van der Waals surface area (Å²) in [7, 11) is -1.16. The van der Waals surface area contributed by atoms with Crippen molar-refractivity contribution in [2.75, 3.05) is 6.61 Å². The SMILES string of the molecule is C[SiH](C)OC[C@]12C[C@@H](O)[C@H](C(C)(C)C)[C@H]1CC(=O)O2. The van der Waals surface area contributed by atoms with Gasteiger partial charge in [-0.15, -0.1) is 0 Å². The van der Waals surface area contributed by atoms with Crippen molar-refractivity contribution in [3.05, 3.63) is 0 Å². The minimum Gasteiger partial charge on any atom is -0.456 e. The molecule has 1 N–H and O–H groups in total. The number of fused-ring (bicyclic) bond motifs is 1. The van der Waals surface area contributed by atoms with Gasteiger partial charge in [-0.1, -0.05) is 20.8 Å². The molecule has 0 aromatic carbocycles. The van der Waals surface area contributed by atoms with Gasteiger partial charge in [0.15, 0.2) is 9.04 Å². The van der Waals surface area contributed by atoms with Crippen molar-refractivity contribution in [1.82, 2.24) is 0 Å². The van der Waals surface area contributed by atoms with E-state index < -0.39 is 20.7 Å². The van der Waals surface area contributed by atoms with Gasteiger partial charge in [0, 0.05) is 12.3 Å². The molecule has 19 heavy (non-hydrogen) atoms. The highest BCUT2D eigenvalue weighted by Crippen LogP contribution is 2.55. The van der Waals surface area contributed by atoms with Crippen LogP contribution in [0, 0.1) is 17.3 Å². The van der Waals surface area contributed by atoms with Gasteiger partial charge in [-0.2, -0.15) is 0 Å². The molecule has 0 aromatic heterocycles. The van der Waals surface area contributed by atoms with Gasteiger partial charge in [0.25, 0.3) is 0 Å². The Morgan fingerprint density at radius 1 is 1.47 bits per heavy atom. The molecule has 0 bridgehead atoms. The van der Waals surface area contributed by atoms with E-state index in [0.29, 0.717) is 19.4 Å². The Morgan fingerprint density at radius 2 is 2.11 bits per heavy atom. The minimum absolute atomic E-state index is 0.0327. The molecular weight excluding hydrogens is 260 g/mol. The number of aliphatic hydroxyl groups excluding tert-OH is 1. The summed E-state index contributed by atoms with van der Waals surface area (Å²) in [5, 5.41) is 10.4. The lowest BCUT2D eigenvalue weighted by atomic mass is 9.71. The number of hydrogen-bond acceptors (Lipinski definition) is 4. The van der Waals surface area contributed by atoms with Crippen LogP contribution in [-0.2, 0) is 14.0 Å². The highest BCUT2D eigenvalue weighted by molar-refractivity contribution is 6.48. The van der Waals surface area contributed by atoms with Crippen molar-refractivity contribution in [1.29, 1.82) is 0 Å². The van der Waals surface area contributed by atoms with Crippen LogP contribution in [-0.4, -0.2) is 38.4 Å². The third-order valence-corrected chi connectivity index (χ3v) is 5.28. The molecule has 2 rings (SSSR count). The normalized spacial score (nSPS) is 38.7. The summed E-state index contributed by atoms with van der Waals surface area (Å²) in [6.07, 6.45) is 0.532. The van der Waals surface area contributed by atoms with Crippen LogP contribution in [0.4, 0.5) is 0 Å². The fourth-order valence-corrected chi connectivity index (χ4v) is 4.41. The third-order valence-electron chi connectivity index (χ3n) is 4.44. The lowest BCUT2D eigenvalue weighted by Gasteiger charge is -2.35. The molecule has 0 unspecified atom stereocenters. The Labute approximate surface area is 117 Å². The van der Waals surface area contributed by atoms with Crippen LogP contribution >= 0.6 is 0 Å². The van der Waals surface area contributed by atoms with Crippen molar-refractivity contribution in [2.45, 2.75) is 58.4 Å². The Morgan fingerprint density at radius 3 is 2.63 bits per heavy atom. The predicted octanol–water partition coefficient (Wildman–Crippen LogP) is 1.72. The van der Waals surface area contributed by atoms with Gasteiger partial charge in [-0.3, -0.25) is 4.79 Å². The van der Waals surface area contributed by atoms with E-state index in [0.717, 1.165) is 0 Å². The summed E-state index contributed by atoms with van der Waals surface area (Å²) >= 11 is 0. The van der Waals surface area contributed by atoms with Crippen LogP contribution in [0.1, 0.15) is 33.6 Å². The van der Waals surface area contributed by atoms with Gasteiger partial charge in [0.1, 0.15) is 5.60 Å². The molecule has 1 heterocycles. The maximum absolute atomic E-state index is 11.7. The van der Waals surface area contributed by atoms with Crippen LogP contribution in [0.25, 0.3) is 0 Å². The standard InChI is InChI=1S/C14H26O4Si/c1-13(2,3)12-9-6-11(16)18-14(9,7-10(12)15)8-17-19(4)5/h9-10,12,15,19H,6-8H2,1-5H3/t9-,10-,12-,14-/m1/s1. The molecule has 1 aliphatic heterocycles. The van der Waals surface area contributed by atoms with Crippen LogP contribution in [0.15, 0.2) is 0 Å². The minimum atomic E-state index is -1.16. The van der Waals surface area contributed by atoms with Crippen LogP contribution in [0.5, 0.6) is 0 Å². The van der Waals surface area contributed by atoms with Gasteiger partial charge >= 0.3 is 5.97 Å². The fourth-order valence-electron chi connectivity index (χ4n) is 3.79. The van der Waals surface area contributed by atoms with Gasteiger partial charge in [0.05, 0.1) is 19.1 Å². The Kier molecular flexibility index (Phi) is 3.84. The number of rotatable bonds is 3. The van der Waals surface area contributed by atoms with Crippen LogP contribution < -0.4 is 0 Å². The number of carbonyl (C=O) groups is 1. The molecule has 0 aromatic rings. The van der Waals surface area contributed by atoms with Crippen molar-refractivity contribution >= 4 is 15.0 Å². The first-order valence-electron chi connectivity index (χ1n) is 7.17. The van der Waals surface area contributed by atoms with Crippen LogP contribution in [0.3, 0.4) is 0 Å². The largest absolute Gasteiger partial charge is 0.456 e. The first-order valence-corrected chi connectivity index (χ1v) is 9.95. The van der Waals surface area contributed by atoms with E-state index in [1.165, 1.54) is 0 Å². The highest BCUT2D eigenvalue weighted by Gasteiger charge is 2.62. The molecule has 0 amide bonds. The Bertz CT molecular complexity index is 363.